The number of H-pyrrole nitrogens is 1. The Morgan fingerprint density at radius 3 is 2.70 bits per heavy atom. The van der Waals surface area contributed by atoms with Crippen molar-refractivity contribution in [3.63, 3.8) is 0 Å². The van der Waals surface area contributed by atoms with E-state index in [0.717, 1.165) is 37.5 Å². The second-order valence-corrected chi connectivity index (χ2v) is 10.4. The molecule has 2 saturated carbocycles. The van der Waals surface area contributed by atoms with E-state index in [-0.39, 0.29) is 35.5 Å². The number of benzene rings is 1. The van der Waals surface area contributed by atoms with E-state index in [2.05, 4.69) is 21.7 Å². The lowest BCUT2D eigenvalue weighted by Gasteiger charge is -2.20. The summed E-state index contributed by atoms with van der Waals surface area (Å²) in [6, 6.07) is 8.63. The van der Waals surface area contributed by atoms with E-state index in [9.17, 15) is 19.6 Å². The van der Waals surface area contributed by atoms with Crippen LogP contribution in [0.3, 0.4) is 0 Å². The van der Waals surface area contributed by atoms with Crippen LogP contribution in [-0.2, 0) is 9.59 Å². The van der Waals surface area contributed by atoms with Gasteiger partial charge in [0.05, 0.1) is 22.3 Å². The summed E-state index contributed by atoms with van der Waals surface area (Å²) in [5.74, 6) is -0.768. The molecule has 1 aromatic heterocycles. The Morgan fingerprint density at radius 1 is 1.27 bits per heavy atom. The van der Waals surface area contributed by atoms with Crippen LogP contribution < -0.4 is 10.6 Å². The molecule has 2 heterocycles. The number of hydrogen-bond acceptors (Lipinski definition) is 4. The van der Waals surface area contributed by atoms with Gasteiger partial charge in [-0.15, -0.1) is 0 Å². The van der Waals surface area contributed by atoms with E-state index in [1.165, 1.54) is 0 Å². The maximum atomic E-state index is 13.1. The van der Waals surface area contributed by atoms with E-state index in [4.69, 9.17) is 11.6 Å². The van der Waals surface area contributed by atoms with Crippen LogP contribution in [0.1, 0.15) is 61.9 Å². The fourth-order valence-electron chi connectivity index (χ4n) is 5.01. The number of nitrogens with one attached hydrogen (secondary N) is 3. The highest BCUT2D eigenvalue weighted by atomic mass is 35.5. The molecule has 3 fully saturated rings. The molecule has 1 aliphatic heterocycles. The van der Waals surface area contributed by atoms with Crippen molar-refractivity contribution in [1.29, 1.82) is 5.26 Å². The van der Waals surface area contributed by atoms with Crippen molar-refractivity contribution in [2.24, 2.45) is 17.8 Å². The lowest BCUT2D eigenvalue weighted by molar-refractivity contribution is -0.127. The van der Waals surface area contributed by atoms with Crippen molar-refractivity contribution in [2.45, 2.75) is 62.9 Å². The zero-order valence-corrected chi connectivity index (χ0v) is 19.1. The number of carbonyl (C=O) groups is 3. The van der Waals surface area contributed by atoms with Gasteiger partial charge in [0.15, 0.2) is 5.78 Å². The number of carbonyl (C=O) groups excluding carboxylic acids is 3. The molecule has 8 heteroatoms. The number of rotatable bonds is 9. The summed E-state index contributed by atoms with van der Waals surface area (Å²) in [6.45, 7) is 0. The van der Waals surface area contributed by atoms with E-state index in [1.807, 2.05) is 12.1 Å². The van der Waals surface area contributed by atoms with Gasteiger partial charge in [-0.1, -0.05) is 36.6 Å². The van der Waals surface area contributed by atoms with Crippen LogP contribution in [0.15, 0.2) is 24.3 Å². The zero-order chi connectivity index (χ0) is 23.2. The lowest BCUT2D eigenvalue weighted by atomic mass is 9.92. The number of para-hydroxylation sites is 1. The molecule has 5 rings (SSSR count). The van der Waals surface area contributed by atoms with Gasteiger partial charge in [-0.05, 0) is 50.2 Å². The number of ketones is 1. The summed E-state index contributed by atoms with van der Waals surface area (Å²) in [4.78, 5) is 41.5. The fraction of sp³-hybridized carbons (Fsp3) is 0.520. The minimum atomic E-state index is -0.745. The average Bonchev–Trinajstić information content (AvgIpc) is 3.68. The quantitative estimate of drug-likeness (QED) is 0.486. The van der Waals surface area contributed by atoms with Crippen LogP contribution in [0, 0.1) is 29.1 Å². The second kappa shape index (κ2) is 8.49. The minimum absolute atomic E-state index is 0.0239. The molecule has 33 heavy (non-hydrogen) atoms. The fourth-order valence-corrected chi connectivity index (χ4v) is 5.24. The third-order valence-electron chi connectivity index (χ3n) is 7.27. The van der Waals surface area contributed by atoms with Crippen molar-refractivity contribution in [3.8, 4) is 6.07 Å². The molecule has 3 N–H and O–H groups in total. The first kappa shape index (κ1) is 22.0. The van der Waals surface area contributed by atoms with Gasteiger partial charge in [-0.2, -0.15) is 5.26 Å². The summed E-state index contributed by atoms with van der Waals surface area (Å²) in [7, 11) is 0. The average molecular weight is 467 g/mol. The molecule has 2 amide bonds. The highest BCUT2D eigenvalue weighted by Crippen LogP contribution is 2.46. The smallest absolute Gasteiger partial charge is 0.224 e. The van der Waals surface area contributed by atoms with E-state index in [0.29, 0.717) is 35.0 Å². The molecule has 1 spiro atoms. The van der Waals surface area contributed by atoms with E-state index >= 15 is 0 Å². The van der Waals surface area contributed by atoms with Crippen molar-refractivity contribution in [3.05, 3.63) is 35.0 Å². The maximum absolute atomic E-state index is 13.1. The van der Waals surface area contributed by atoms with E-state index < -0.39 is 12.0 Å². The topological polar surface area (TPSA) is 115 Å². The van der Waals surface area contributed by atoms with Crippen molar-refractivity contribution in [1.82, 2.24) is 15.6 Å². The van der Waals surface area contributed by atoms with Crippen LogP contribution in [-0.4, -0.2) is 34.2 Å². The molecular weight excluding hydrogens is 440 g/mol. The second-order valence-electron chi connectivity index (χ2n) is 9.99. The summed E-state index contributed by atoms with van der Waals surface area (Å²) >= 11 is 6.22. The SMILES string of the molecule is N#C[C@H](C[C@@H]1CC2(CC2)NC1=O)NC(=O)[C@@H](CC(=O)c1cc2cccc(Cl)c2[nH]1)CC1CC1. The number of Topliss-reactive ketones (excluding diaryl/α,β-unsaturated/α-hetero) is 1. The zero-order valence-electron chi connectivity index (χ0n) is 18.3. The number of hydrogen-bond donors (Lipinski definition) is 3. The number of aromatic nitrogens is 1. The van der Waals surface area contributed by atoms with Gasteiger partial charge in [-0.25, -0.2) is 0 Å². The first-order chi connectivity index (χ1) is 15.9. The number of amides is 2. The van der Waals surface area contributed by atoms with Gasteiger partial charge in [0.1, 0.15) is 6.04 Å². The highest BCUT2D eigenvalue weighted by molar-refractivity contribution is 6.35. The highest BCUT2D eigenvalue weighted by Gasteiger charge is 2.52. The molecule has 1 aromatic carbocycles. The Labute approximate surface area is 197 Å². The summed E-state index contributed by atoms with van der Waals surface area (Å²) in [5.41, 5.74) is 1.08. The van der Waals surface area contributed by atoms with Gasteiger partial charge in [-0.3, -0.25) is 14.4 Å². The number of halogens is 1. The Bertz CT molecular complexity index is 1160. The predicted molar refractivity (Wildman–Crippen MR) is 123 cm³/mol. The molecule has 3 aliphatic rings. The molecule has 7 nitrogen and oxygen atoms in total. The minimum Gasteiger partial charge on any atom is -0.351 e. The third kappa shape index (κ3) is 4.77. The summed E-state index contributed by atoms with van der Waals surface area (Å²) < 4.78 is 0. The molecule has 0 unspecified atom stereocenters. The first-order valence-electron chi connectivity index (χ1n) is 11.7. The van der Waals surface area contributed by atoms with Crippen molar-refractivity contribution in [2.75, 3.05) is 0 Å². The Morgan fingerprint density at radius 2 is 2.06 bits per heavy atom. The molecule has 172 valence electrons. The molecule has 2 aliphatic carbocycles. The molecule has 0 bridgehead atoms. The largest absolute Gasteiger partial charge is 0.351 e. The Kier molecular flexibility index (Phi) is 5.65. The standard InChI is InChI=1S/C25H27ClN4O3/c26-19-3-1-2-15-10-20(29-22(15)19)21(31)11-16(8-14-4-5-14)23(32)28-18(13-27)9-17-12-25(6-7-25)30-24(17)33/h1-3,10,14,16-18,29H,4-9,11-12H2,(H,28,32)(H,30,33)/t16-,17-,18+/m1/s1. The van der Waals surface area contributed by atoms with Crippen molar-refractivity contribution < 1.29 is 14.4 Å². The van der Waals surface area contributed by atoms with Crippen LogP contribution in [0.4, 0.5) is 0 Å². The Hall–Kier alpha value is -2.85. The third-order valence-corrected chi connectivity index (χ3v) is 7.58. The van der Waals surface area contributed by atoms with Crippen molar-refractivity contribution >= 4 is 40.1 Å². The number of nitrogens with zero attached hydrogens (tertiary/aromatic N) is 1. The molecular formula is C25H27ClN4O3. The summed E-state index contributed by atoms with van der Waals surface area (Å²) in [6.07, 6.45) is 5.83. The van der Waals surface area contributed by atoms with Crippen LogP contribution >= 0.6 is 11.6 Å². The van der Waals surface area contributed by atoms with Crippen LogP contribution in [0.25, 0.3) is 10.9 Å². The lowest BCUT2D eigenvalue weighted by Crippen LogP contribution is -2.40. The summed E-state index contributed by atoms with van der Waals surface area (Å²) in [5, 5.41) is 16.9. The molecule has 3 atom stereocenters. The Balaban J connectivity index is 1.25. The van der Waals surface area contributed by atoms with E-state index in [1.54, 1.807) is 12.1 Å². The molecule has 2 aromatic rings. The maximum Gasteiger partial charge on any atom is 0.224 e. The van der Waals surface area contributed by atoms with Crippen LogP contribution in [0.2, 0.25) is 5.02 Å². The predicted octanol–water partition coefficient (Wildman–Crippen LogP) is 3.88. The number of aromatic amines is 1. The number of fused-ring (bicyclic) bond motifs is 1. The van der Waals surface area contributed by atoms with Gasteiger partial charge in [0.2, 0.25) is 11.8 Å². The first-order valence-corrected chi connectivity index (χ1v) is 12.1. The van der Waals surface area contributed by atoms with Gasteiger partial charge < -0.3 is 15.6 Å². The van der Waals surface area contributed by atoms with Gasteiger partial charge >= 0.3 is 0 Å². The monoisotopic (exact) mass is 466 g/mol. The normalized spacial score (nSPS) is 22.5. The molecule has 1 saturated heterocycles. The number of nitriles is 1. The van der Waals surface area contributed by atoms with Crippen LogP contribution in [0.5, 0.6) is 0 Å². The van der Waals surface area contributed by atoms with Gasteiger partial charge in [0.25, 0.3) is 0 Å². The molecule has 0 radical (unpaired) electrons. The van der Waals surface area contributed by atoms with Gasteiger partial charge in [0, 0.05) is 29.2 Å².